The van der Waals surface area contributed by atoms with Gasteiger partial charge < -0.3 is 15.5 Å². The molecule has 116 valence electrons. The van der Waals surface area contributed by atoms with Gasteiger partial charge in [-0.1, -0.05) is 6.92 Å². The van der Waals surface area contributed by atoms with Gasteiger partial charge >= 0.3 is 0 Å². The van der Waals surface area contributed by atoms with Crippen LogP contribution in [0.15, 0.2) is 0 Å². The molecule has 0 spiro atoms. The van der Waals surface area contributed by atoms with Crippen LogP contribution in [0.2, 0.25) is 0 Å². The van der Waals surface area contributed by atoms with Crippen molar-refractivity contribution in [3.05, 3.63) is 0 Å². The van der Waals surface area contributed by atoms with E-state index in [0.29, 0.717) is 31.5 Å². The van der Waals surface area contributed by atoms with Crippen LogP contribution in [0.3, 0.4) is 0 Å². The number of nitrogens with zero attached hydrogens (tertiary/aromatic N) is 1. The summed E-state index contributed by atoms with van der Waals surface area (Å²) in [5, 5.41) is 6.20. The lowest BCUT2D eigenvalue weighted by atomic mass is 10.1. The first-order chi connectivity index (χ1) is 9.22. The van der Waals surface area contributed by atoms with E-state index in [2.05, 4.69) is 10.6 Å². The van der Waals surface area contributed by atoms with E-state index in [-0.39, 0.29) is 24.2 Å². The maximum absolute atomic E-state index is 12.3. The summed E-state index contributed by atoms with van der Waals surface area (Å²) in [6.07, 6.45) is 4.88. The Kier molecular flexibility index (Phi) is 7.30. The molecule has 0 aromatic heterocycles. The summed E-state index contributed by atoms with van der Waals surface area (Å²) >= 11 is 0. The van der Waals surface area contributed by atoms with Crippen molar-refractivity contribution in [2.24, 2.45) is 0 Å². The van der Waals surface area contributed by atoms with Crippen LogP contribution in [0.5, 0.6) is 0 Å². The highest BCUT2D eigenvalue weighted by Crippen LogP contribution is 2.28. The monoisotopic (exact) mass is 303 g/mol. The van der Waals surface area contributed by atoms with E-state index in [4.69, 9.17) is 0 Å². The summed E-state index contributed by atoms with van der Waals surface area (Å²) in [7, 11) is 0. The third-order valence-electron chi connectivity index (χ3n) is 4.08. The van der Waals surface area contributed by atoms with Gasteiger partial charge in [-0.25, -0.2) is 0 Å². The van der Waals surface area contributed by atoms with Crippen LogP contribution in [0.4, 0.5) is 0 Å². The highest BCUT2D eigenvalue weighted by molar-refractivity contribution is 5.85. The topological polar surface area (TPSA) is 61.4 Å². The van der Waals surface area contributed by atoms with Crippen LogP contribution in [0, 0.1) is 0 Å². The molecule has 2 heterocycles. The first kappa shape index (κ1) is 17.2. The second kappa shape index (κ2) is 8.47. The Morgan fingerprint density at radius 1 is 1.20 bits per heavy atom. The van der Waals surface area contributed by atoms with E-state index in [1.165, 1.54) is 0 Å². The molecule has 2 atom stereocenters. The summed E-state index contributed by atoms with van der Waals surface area (Å²) in [5.41, 5.74) is 0. The van der Waals surface area contributed by atoms with E-state index in [9.17, 15) is 9.59 Å². The van der Waals surface area contributed by atoms with Crippen molar-refractivity contribution in [1.82, 2.24) is 15.5 Å². The van der Waals surface area contributed by atoms with Crippen molar-refractivity contribution in [2.45, 2.75) is 57.5 Å². The van der Waals surface area contributed by atoms with Crippen LogP contribution in [0.25, 0.3) is 0 Å². The van der Waals surface area contributed by atoms with Gasteiger partial charge in [0.15, 0.2) is 0 Å². The van der Waals surface area contributed by atoms with Gasteiger partial charge in [-0.05, 0) is 32.2 Å². The Morgan fingerprint density at radius 3 is 2.70 bits per heavy atom. The highest BCUT2D eigenvalue weighted by atomic mass is 35.5. The molecule has 0 aliphatic carbocycles. The fourth-order valence-electron chi connectivity index (χ4n) is 3.09. The van der Waals surface area contributed by atoms with Gasteiger partial charge in [0, 0.05) is 38.0 Å². The molecule has 2 N–H and O–H groups in total. The lowest BCUT2D eigenvalue weighted by molar-refractivity contribution is -0.135. The molecular formula is C14H26ClN3O2. The Bertz CT molecular complexity index is 324. The summed E-state index contributed by atoms with van der Waals surface area (Å²) in [6.45, 7) is 4.63. The van der Waals surface area contributed by atoms with Gasteiger partial charge in [0.05, 0.1) is 0 Å². The predicted molar refractivity (Wildman–Crippen MR) is 80.9 cm³/mol. The number of carbonyl (C=O) groups is 2. The molecule has 2 fully saturated rings. The number of nitrogens with one attached hydrogen (secondary N) is 2. The number of carbonyl (C=O) groups excluding carboxylic acids is 2. The minimum Gasteiger partial charge on any atom is -0.356 e. The maximum atomic E-state index is 12.3. The standard InChI is InChI=1S/C14H25N3O2.ClH/c1-2-8-16-13(18)5-6-14(19)17-11-3-4-12(17)10-15-9-7-11;/h11-12,15H,2-10H2,1H3,(H,16,18);1H. The first-order valence-corrected chi connectivity index (χ1v) is 7.51. The molecule has 0 aromatic rings. The first-order valence-electron chi connectivity index (χ1n) is 7.51. The van der Waals surface area contributed by atoms with Crippen LogP contribution in [-0.2, 0) is 9.59 Å². The Labute approximate surface area is 127 Å². The normalized spacial score (nSPS) is 24.8. The second-order valence-corrected chi connectivity index (χ2v) is 5.53. The van der Waals surface area contributed by atoms with Crippen molar-refractivity contribution in [3.8, 4) is 0 Å². The van der Waals surface area contributed by atoms with Crippen molar-refractivity contribution in [1.29, 1.82) is 0 Å². The molecule has 6 heteroatoms. The Hall–Kier alpha value is -0.810. The smallest absolute Gasteiger partial charge is 0.223 e. The van der Waals surface area contributed by atoms with Crippen LogP contribution < -0.4 is 10.6 Å². The van der Waals surface area contributed by atoms with E-state index in [0.717, 1.165) is 38.8 Å². The molecule has 2 saturated heterocycles. The van der Waals surface area contributed by atoms with Gasteiger partial charge in [-0.3, -0.25) is 9.59 Å². The Balaban J connectivity index is 0.00000200. The lowest BCUT2D eigenvalue weighted by Gasteiger charge is -2.27. The van der Waals surface area contributed by atoms with Gasteiger partial charge in [-0.2, -0.15) is 0 Å². The van der Waals surface area contributed by atoms with Crippen molar-refractivity contribution >= 4 is 24.2 Å². The zero-order chi connectivity index (χ0) is 13.7. The average Bonchev–Trinajstić information content (AvgIpc) is 2.67. The molecule has 0 radical (unpaired) electrons. The molecule has 0 aromatic carbocycles. The molecule has 5 nitrogen and oxygen atoms in total. The van der Waals surface area contributed by atoms with E-state index in [1.54, 1.807) is 0 Å². The lowest BCUT2D eigenvalue weighted by Crippen LogP contribution is -2.42. The fourth-order valence-corrected chi connectivity index (χ4v) is 3.09. The second-order valence-electron chi connectivity index (χ2n) is 5.53. The molecule has 2 rings (SSSR count). The SMILES string of the molecule is CCCNC(=O)CCC(=O)N1C2CCNCC1CC2.Cl. The summed E-state index contributed by atoms with van der Waals surface area (Å²) in [6, 6.07) is 0.741. The Morgan fingerprint density at radius 2 is 1.95 bits per heavy atom. The van der Waals surface area contributed by atoms with Crippen LogP contribution >= 0.6 is 12.4 Å². The molecule has 2 aliphatic heterocycles. The van der Waals surface area contributed by atoms with Gasteiger partial charge in [0.25, 0.3) is 0 Å². The van der Waals surface area contributed by atoms with E-state index < -0.39 is 0 Å². The van der Waals surface area contributed by atoms with Gasteiger partial charge in [-0.15, -0.1) is 12.4 Å². The summed E-state index contributed by atoms with van der Waals surface area (Å²) in [4.78, 5) is 25.9. The van der Waals surface area contributed by atoms with Gasteiger partial charge in [0.2, 0.25) is 11.8 Å². The number of hydrogen-bond acceptors (Lipinski definition) is 3. The average molecular weight is 304 g/mol. The third kappa shape index (κ3) is 4.35. The summed E-state index contributed by atoms with van der Waals surface area (Å²) in [5.74, 6) is 0.151. The number of rotatable bonds is 5. The van der Waals surface area contributed by atoms with Crippen molar-refractivity contribution < 1.29 is 9.59 Å². The molecule has 2 amide bonds. The van der Waals surface area contributed by atoms with Crippen LogP contribution in [-0.4, -0.2) is 48.4 Å². The maximum Gasteiger partial charge on any atom is 0.223 e. The number of hydrogen-bond donors (Lipinski definition) is 2. The third-order valence-corrected chi connectivity index (χ3v) is 4.08. The van der Waals surface area contributed by atoms with E-state index in [1.807, 2.05) is 11.8 Å². The zero-order valence-electron chi connectivity index (χ0n) is 12.2. The van der Waals surface area contributed by atoms with Crippen molar-refractivity contribution in [2.75, 3.05) is 19.6 Å². The zero-order valence-corrected chi connectivity index (χ0v) is 13.0. The van der Waals surface area contributed by atoms with Crippen LogP contribution in [0.1, 0.15) is 45.4 Å². The predicted octanol–water partition coefficient (Wildman–Crippen LogP) is 1.07. The largest absolute Gasteiger partial charge is 0.356 e. The molecular weight excluding hydrogens is 278 g/mol. The number of halogens is 1. The summed E-state index contributed by atoms with van der Waals surface area (Å²) < 4.78 is 0. The highest BCUT2D eigenvalue weighted by Gasteiger charge is 2.37. The van der Waals surface area contributed by atoms with E-state index >= 15 is 0 Å². The quantitative estimate of drug-likeness (QED) is 0.798. The van der Waals surface area contributed by atoms with Crippen molar-refractivity contribution in [3.63, 3.8) is 0 Å². The minimum absolute atomic E-state index is 0. The molecule has 2 aliphatic rings. The molecule has 2 unspecified atom stereocenters. The number of amides is 2. The fraction of sp³-hybridized carbons (Fsp3) is 0.857. The number of fused-ring (bicyclic) bond motifs is 2. The van der Waals surface area contributed by atoms with Gasteiger partial charge in [0.1, 0.15) is 0 Å². The minimum atomic E-state index is -0.00417. The molecule has 20 heavy (non-hydrogen) atoms. The molecule has 2 bridgehead atoms. The molecule has 0 saturated carbocycles.